The first kappa shape index (κ1) is 16.3. The maximum atomic E-state index is 6.30. The molecule has 1 aliphatic carbocycles. The monoisotopic (exact) mass is 281 g/mol. The SMILES string of the molecule is CC1CC(C)(C)CCC1(CN)N(C)C1CCN(C)CC1. The second-order valence-corrected chi connectivity index (χ2v) is 8.22. The van der Waals surface area contributed by atoms with Crippen LogP contribution in [0, 0.1) is 11.3 Å². The second kappa shape index (κ2) is 5.94. The van der Waals surface area contributed by atoms with Crippen molar-refractivity contribution in [3.8, 4) is 0 Å². The molecular formula is C17H35N3. The van der Waals surface area contributed by atoms with Gasteiger partial charge >= 0.3 is 0 Å². The van der Waals surface area contributed by atoms with Gasteiger partial charge in [0.2, 0.25) is 0 Å². The summed E-state index contributed by atoms with van der Waals surface area (Å²) in [6, 6.07) is 0.721. The summed E-state index contributed by atoms with van der Waals surface area (Å²) in [5, 5.41) is 0. The molecule has 1 heterocycles. The van der Waals surface area contributed by atoms with Crippen LogP contribution in [0.5, 0.6) is 0 Å². The van der Waals surface area contributed by atoms with E-state index in [9.17, 15) is 0 Å². The Morgan fingerprint density at radius 2 is 1.80 bits per heavy atom. The van der Waals surface area contributed by atoms with Crippen LogP contribution in [-0.4, -0.2) is 55.1 Å². The molecule has 0 radical (unpaired) electrons. The highest BCUT2D eigenvalue weighted by Gasteiger charge is 2.47. The quantitative estimate of drug-likeness (QED) is 0.863. The maximum Gasteiger partial charge on any atom is 0.0357 e. The van der Waals surface area contributed by atoms with Crippen LogP contribution in [0.25, 0.3) is 0 Å². The molecule has 2 unspecified atom stereocenters. The predicted octanol–water partition coefficient (Wildman–Crippen LogP) is 2.56. The zero-order chi connectivity index (χ0) is 15.0. The standard InChI is InChI=1S/C17H35N3/c1-14-12-16(2,3)8-9-17(14,13-18)20(5)15-6-10-19(4)11-7-15/h14-15H,6-13,18H2,1-5H3. The van der Waals surface area contributed by atoms with Gasteiger partial charge in [-0.15, -0.1) is 0 Å². The van der Waals surface area contributed by atoms with E-state index in [4.69, 9.17) is 5.73 Å². The van der Waals surface area contributed by atoms with Crippen molar-refractivity contribution >= 4 is 0 Å². The minimum Gasteiger partial charge on any atom is -0.329 e. The van der Waals surface area contributed by atoms with Crippen molar-refractivity contribution < 1.29 is 0 Å². The maximum absolute atomic E-state index is 6.30. The van der Waals surface area contributed by atoms with Gasteiger partial charge in [0.15, 0.2) is 0 Å². The largest absolute Gasteiger partial charge is 0.329 e. The van der Waals surface area contributed by atoms with Gasteiger partial charge < -0.3 is 10.6 Å². The summed E-state index contributed by atoms with van der Waals surface area (Å²) in [5.74, 6) is 0.695. The highest BCUT2D eigenvalue weighted by atomic mass is 15.2. The average Bonchev–Trinajstić information content (AvgIpc) is 2.39. The molecule has 0 aromatic carbocycles. The highest BCUT2D eigenvalue weighted by Crippen LogP contribution is 2.46. The van der Waals surface area contributed by atoms with Crippen LogP contribution in [0.4, 0.5) is 0 Å². The second-order valence-electron chi connectivity index (χ2n) is 8.22. The first-order valence-corrected chi connectivity index (χ1v) is 8.42. The zero-order valence-corrected chi connectivity index (χ0v) is 14.3. The lowest BCUT2D eigenvalue weighted by Gasteiger charge is -2.55. The van der Waals surface area contributed by atoms with E-state index in [1.54, 1.807) is 0 Å². The summed E-state index contributed by atoms with van der Waals surface area (Å²) in [4.78, 5) is 5.13. The molecule has 1 aliphatic heterocycles. The number of nitrogens with two attached hydrogens (primary N) is 1. The van der Waals surface area contributed by atoms with Crippen molar-refractivity contribution in [1.29, 1.82) is 0 Å². The van der Waals surface area contributed by atoms with Crippen LogP contribution in [-0.2, 0) is 0 Å². The third-order valence-corrected chi connectivity index (χ3v) is 6.30. The molecule has 2 N–H and O–H groups in total. The molecule has 1 saturated heterocycles. The number of likely N-dealkylation sites (tertiary alicyclic amines) is 1. The molecule has 20 heavy (non-hydrogen) atoms. The summed E-state index contributed by atoms with van der Waals surface area (Å²) in [7, 11) is 4.58. The van der Waals surface area contributed by atoms with Gasteiger partial charge in [-0.25, -0.2) is 0 Å². The van der Waals surface area contributed by atoms with Gasteiger partial charge in [0.25, 0.3) is 0 Å². The van der Waals surface area contributed by atoms with E-state index < -0.39 is 0 Å². The summed E-state index contributed by atoms with van der Waals surface area (Å²) >= 11 is 0. The van der Waals surface area contributed by atoms with Gasteiger partial charge in [0.1, 0.15) is 0 Å². The van der Waals surface area contributed by atoms with Crippen LogP contribution < -0.4 is 5.73 Å². The van der Waals surface area contributed by atoms with Crippen LogP contribution in [0.3, 0.4) is 0 Å². The number of hydrogen-bond donors (Lipinski definition) is 1. The van der Waals surface area contributed by atoms with Crippen LogP contribution in [0.15, 0.2) is 0 Å². The van der Waals surface area contributed by atoms with Gasteiger partial charge in [-0.2, -0.15) is 0 Å². The predicted molar refractivity (Wildman–Crippen MR) is 86.9 cm³/mol. The summed E-state index contributed by atoms with van der Waals surface area (Å²) in [5.41, 5.74) is 7.02. The van der Waals surface area contributed by atoms with E-state index in [0.29, 0.717) is 11.3 Å². The van der Waals surface area contributed by atoms with E-state index in [1.807, 2.05) is 0 Å². The van der Waals surface area contributed by atoms with Gasteiger partial charge in [-0.3, -0.25) is 4.90 Å². The topological polar surface area (TPSA) is 32.5 Å². The van der Waals surface area contributed by atoms with Crippen LogP contribution >= 0.6 is 0 Å². The number of likely N-dealkylation sites (N-methyl/N-ethyl adjacent to an activating group) is 1. The molecule has 3 nitrogen and oxygen atoms in total. The van der Waals surface area contributed by atoms with Crippen molar-refractivity contribution in [2.45, 2.75) is 64.5 Å². The van der Waals surface area contributed by atoms with Crippen LogP contribution in [0.1, 0.15) is 52.9 Å². The summed E-state index contributed by atoms with van der Waals surface area (Å²) in [6.45, 7) is 10.5. The normalized spacial score (nSPS) is 36.5. The first-order chi connectivity index (χ1) is 9.31. The molecule has 0 spiro atoms. The molecule has 0 aromatic rings. The smallest absolute Gasteiger partial charge is 0.0357 e. The summed E-state index contributed by atoms with van der Waals surface area (Å²) in [6.07, 6.45) is 6.48. The Kier molecular flexibility index (Phi) is 4.83. The fourth-order valence-electron chi connectivity index (χ4n) is 4.64. The van der Waals surface area contributed by atoms with E-state index in [1.165, 1.54) is 45.2 Å². The first-order valence-electron chi connectivity index (χ1n) is 8.42. The lowest BCUT2D eigenvalue weighted by Crippen LogP contribution is -2.63. The lowest BCUT2D eigenvalue weighted by molar-refractivity contribution is -0.0422. The third-order valence-electron chi connectivity index (χ3n) is 6.30. The number of piperidine rings is 1. The number of hydrogen-bond acceptors (Lipinski definition) is 3. The van der Waals surface area contributed by atoms with Crippen molar-refractivity contribution in [3.63, 3.8) is 0 Å². The number of rotatable bonds is 3. The van der Waals surface area contributed by atoms with E-state index in [2.05, 4.69) is 44.7 Å². The molecule has 2 atom stereocenters. The molecule has 1 saturated carbocycles. The van der Waals surface area contributed by atoms with Crippen LogP contribution in [0.2, 0.25) is 0 Å². The molecule has 0 amide bonds. The van der Waals surface area contributed by atoms with Crippen molar-refractivity contribution in [2.75, 3.05) is 33.7 Å². The molecule has 118 valence electrons. The Morgan fingerprint density at radius 3 is 2.30 bits per heavy atom. The lowest BCUT2D eigenvalue weighted by atomic mass is 9.63. The Hall–Kier alpha value is -0.120. The Morgan fingerprint density at radius 1 is 1.20 bits per heavy atom. The Labute approximate surface area is 125 Å². The van der Waals surface area contributed by atoms with E-state index in [0.717, 1.165) is 12.6 Å². The molecule has 0 aromatic heterocycles. The van der Waals surface area contributed by atoms with Gasteiger partial charge in [-0.05, 0) is 70.6 Å². The average molecular weight is 281 g/mol. The Bertz CT molecular complexity index is 320. The molecule has 0 bridgehead atoms. The van der Waals surface area contributed by atoms with E-state index >= 15 is 0 Å². The van der Waals surface area contributed by atoms with E-state index in [-0.39, 0.29) is 5.54 Å². The molecule has 2 aliphatic rings. The zero-order valence-electron chi connectivity index (χ0n) is 14.3. The molecule has 2 fully saturated rings. The minimum absolute atomic E-state index is 0.232. The highest BCUT2D eigenvalue weighted by molar-refractivity contribution is 5.03. The van der Waals surface area contributed by atoms with Gasteiger partial charge in [0, 0.05) is 18.1 Å². The third kappa shape index (κ3) is 3.05. The number of nitrogens with zero attached hydrogens (tertiary/aromatic N) is 2. The minimum atomic E-state index is 0.232. The van der Waals surface area contributed by atoms with Crippen molar-refractivity contribution in [2.24, 2.45) is 17.1 Å². The van der Waals surface area contributed by atoms with Crippen molar-refractivity contribution in [1.82, 2.24) is 9.80 Å². The molecule has 3 heteroatoms. The van der Waals surface area contributed by atoms with Gasteiger partial charge in [-0.1, -0.05) is 20.8 Å². The fraction of sp³-hybridized carbons (Fsp3) is 1.00. The summed E-state index contributed by atoms with van der Waals surface area (Å²) < 4.78 is 0. The fourth-order valence-corrected chi connectivity index (χ4v) is 4.64. The van der Waals surface area contributed by atoms with Gasteiger partial charge in [0.05, 0.1) is 0 Å². The van der Waals surface area contributed by atoms with Crippen molar-refractivity contribution in [3.05, 3.63) is 0 Å². The molecule has 2 rings (SSSR count). The molecular weight excluding hydrogens is 246 g/mol. The Balaban J connectivity index is 2.10.